The van der Waals surface area contributed by atoms with Crippen molar-refractivity contribution in [2.45, 2.75) is 44.9 Å². The fourth-order valence-electron chi connectivity index (χ4n) is 1.42. The summed E-state index contributed by atoms with van der Waals surface area (Å²) < 4.78 is 7.87. The normalized spacial score (nSPS) is 25.1. The molecule has 98 valence electrons. The van der Waals surface area contributed by atoms with E-state index in [1.807, 2.05) is 0 Å². The maximum absolute atomic E-state index is 11.5. The van der Waals surface area contributed by atoms with Gasteiger partial charge in [-0.05, 0) is 27.2 Å². The Bertz CT molecular complexity index is 303. The van der Waals surface area contributed by atoms with E-state index >= 15 is 0 Å². The number of ether oxygens (including phenoxy) is 1. The van der Waals surface area contributed by atoms with Crippen LogP contribution in [0.5, 0.6) is 0 Å². The summed E-state index contributed by atoms with van der Waals surface area (Å²) in [7, 11) is 0. The van der Waals surface area contributed by atoms with Crippen LogP contribution < -0.4 is 10.0 Å². The number of amides is 1. The van der Waals surface area contributed by atoms with Crippen LogP contribution in [0.4, 0.5) is 4.79 Å². The van der Waals surface area contributed by atoms with E-state index in [0.29, 0.717) is 6.42 Å². The average Bonchev–Trinajstić information content (AvgIpc) is 2.14. The number of carboxylic acid groups (broad SMARTS) is 1. The molecule has 0 aromatic rings. The zero-order valence-corrected chi connectivity index (χ0v) is 11.0. The third kappa shape index (κ3) is 4.82. The Kier molecular flexibility index (Phi) is 4.64. The highest BCUT2D eigenvalue weighted by molar-refractivity contribution is 7.97. The van der Waals surface area contributed by atoms with Crippen molar-refractivity contribution in [3.05, 3.63) is 0 Å². The van der Waals surface area contributed by atoms with E-state index in [0.717, 1.165) is 5.75 Å². The molecule has 1 aliphatic rings. The number of nitrogens with one attached hydrogen (secondary N) is 2. The molecular formula is C10H18N2O4S. The second-order valence-corrected chi connectivity index (χ2v) is 5.76. The highest BCUT2D eigenvalue weighted by Gasteiger charge is 2.33. The van der Waals surface area contributed by atoms with Gasteiger partial charge in [0.1, 0.15) is 11.6 Å². The standard InChI is InChI=1S/C10H18N2O4S/c1-10(2,3)16-9(15)11-6-4-5-17-12-7(6)8(13)14/h6-7,12H,4-5H2,1-3H3,(H,11,15)(H,13,14)/t6-,7-/m1/s1. The Morgan fingerprint density at radius 3 is 2.65 bits per heavy atom. The molecule has 0 unspecified atom stereocenters. The molecule has 1 heterocycles. The van der Waals surface area contributed by atoms with Crippen molar-refractivity contribution in [3.8, 4) is 0 Å². The molecular weight excluding hydrogens is 244 g/mol. The zero-order valence-electron chi connectivity index (χ0n) is 10.1. The number of carbonyl (C=O) groups is 2. The first-order chi connectivity index (χ1) is 7.79. The van der Waals surface area contributed by atoms with Crippen LogP contribution in [-0.4, -0.2) is 40.6 Å². The molecule has 0 bridgehead atoms. The highest BCUT2D eigenvalue weighted by atomic mass is 32.2. The van der Waals surface area contributed by atoms with Crippen molar-refractivity contribution >= 4 is 24.0 Å². The van der Waals surface area contributed by atoms with Crippen LogP contribution in [0.3, 0.4) is 0 Å². The minimum atomic E-state index is -0.974. The van der Waals surface area contributed by atoms with E-state index in [4.69, 9.17) is 9.84 Å². The van der Waals surface area contributed by atoms with Gasteiger partial charge in [0.2, 0.25) is 0 Å². The van der Waals surface area contributed by atoms with Gasteiger partial charge in [-0.15, -0.1) is 0 Å². The molecule has 17 heavy (non-hydrogen) atoms. The van der Waals surface area contributed by atoms with E-state index in [-0.39, 0.29) is 0 Å². The number of alkyl carbamates (subject to hydrolysis) is 1. The van der Waals surface area contributed by atoms with Crippen molar-refractivity contribution in [2.75, 3.05) is 5.75 Å². The summed E-state index contributed by atoms with van der Waals surface area (Å²) in [5.74, 6) is -0.220. The van der Waals surface area contributed by atoms with Crippen molar-refractivity contribution in [3.63, 3.8) is 0 Å². The molecule has 0 radical (unpaired) electrons. The first kappa shape index (κ1) is 14.1. The van der Waals surface area contributed by atoms with Crippen LogP contribution in [0, 0.1) is 0 Å². The average molecular weight is 262 g/mol. The van der Waals surface area contributed by atoms with E-state index in [9.17, 15) is 9.59 Å². The summed E-state index contributed by atoms with van der Waals surface area (Å²) in [6.45, 7) is 5.28. The molecule has 0 aliphatic carbocycles. The molecule has 0 saturated carbocycles. The van der Waals surface area contributed by atoms with Gasteiger partial charge in [0, 0.05) is 5.75 Å². The number of hydrogen-bond donors (Lipinski definition) is 3. The Morgan fingerprint density at radius 2 is 2.12 bits per heavy atom. The predicted molar refractivity (Wildman–Crippen MR) is 64.8 cm³/mol. The highest BCUT2D eigenvalue weighted by Crippen LogP contribution is 2.15. The minimum absolute atomic E-state index is 0.441. The Hall–Kier alpha value is -0.950. The molecule has 7 heteroatoms. The predicted octanol–water partition coefficient (Wildman–Crippen LogP) is 0.974. The molecule has 0 aromatic heterocycles. The zero-order chi connectivity index (χ0) is 13.1. The van der Waals surface area contributed by atoms with Crippen LogP contribution in [0.25, 0.3) is 0 Å². The number of aliphatic carboxylic acids is 1. The maximum atomic E-state index is 11.5. The van der Waals surface area contributed by atoms with Crippen LogP contribution in [0.15, 0.2) is 0 Å². The van der Waals surface area contributed by atoms with Crippen molar-refractivity contribution in [1.29, 1.82) is 0 Å². The SMILES string of the molecule is CC(C)(C)OC(=O)N[C@@H]1CCSN[C@H]1C(=O)O. The minimum Gasteiger partial charge on any atom is -0.480 e. The third-order valence-electron chi connectivity index (χ3n) is 2.11. The largest absolute Gasteiger partial charge is 0.480 e. The summed E-state index contributed by atoms with van der Waals surface area (Å²) in [6, 6.07) is -1.22. The van der Waals surface area contributed by atoms with E-state index in [2.05, 4.69) is 10.0 Å². The summed E-state index contributed by atoms with van der Waals surface area (Å²) >= 11 is 1.35. The Balaban J connectivity index is 2.53. The summed E-state index contributed by atoms with van der Waals surface area (Å²) in [5, 5.41) is 11.6. The van der Waals surface area contributed by atoms with Gasteiger partial charge in [-0.1, -0.05) is 11.9 Å². The number of rotatable bonds is 2. The molecule has 6 nitrogen and oxygen atoms in total. The number of carboxylic acids is 1. The van der Waals surface area contributed by atoms with Gasteiger partial charge in [0.25, 0.3) is 0 Å². The molecule has 1 rings (SSSR count). The van der Waals surface area contributed by atoms with Crippen LogP contribution >= 0.6 is 11.9 Å². The Morgan fingerprint density at radius 1 is 1.47 bits per heavy atom. The molecule has 2 atom stereocenters. The fraction of sp³-hybridized carbons (Fsp3) is 0.800. The van der Waals surface area contributed by atoms with Crippen molar-refractivity contribution in [1.82, 2.24) is 10.0 Å². The van der Waals surface area contributed by atoms with Crippen LogP contribution in [0.2, 0.25) is 0 Å². The second-order valence-electron chi connectivity index (χ2n) is 4.82. The topological polar surface area (TPSA) is 87.7 Å². The van der Waals surface area contributed by atoms with Crippen molar-refractivity contribution in [2.24, 2.45) is 0 Å². The smallest absolute Gasteiger partial charge is 0.407 e. The quantitative estimate of drug-likeness (QED) is 0.643. The van der Waals surface area contributed by atoms with Crippen molar-refractivity contribution < 1.29 is 19.4 Å². The lowest BCUT2D eigenvalue weighted by atomic mass is 10.1. The van der Waals surface area contributed by atoms with Crippen LogP contribution in [0.1, 0.15) is 27.2 Å². The maximum Gasteiger partial charge on any atom is 0.407 e. The third-order valence-corrected chi connectivity index (χ3v) is 2.97. The van der Waals surface area contributed by atoms with E-state index in [1.54, 1.807) is 20.8 Å². The van der Waals surface area contributed by atoms with Gasteiger partial charge in [-0.3, -0.25) is 4.79 Å². The van der Waals surface area contributed by atoms with Crippen LogP contribution in [-0.2, 0) is 9.53 Å². The lowest BCUT2D eigenvalue weighted by Crippen LogP contribution is -2.55. The van der Waals surface area contributed by atoms with E-state index < -0.39 is 29.7 Å². The van der Waals surface area contributed by atoms with Gasteiger partial charge in [-0.2, -0.15) is 0 Å². The van der Waals surface area contributed by atoms with Gasteiger partial charge in [-0.25, -0.2) is 9.52 Å². The van der Waals surface area contributed by atoms with Gasteiger partial charge < -0.3 is 15.2 Å². The molecule has 0 aromatic carbocycles. The second kappa shape index (κ2) is 5.59. The number of carbonyl (C=O) groups excluding carboxylic acids is 1. The number of hydrogen-bond acceptors (Lipinski definition) is 5. The first-order valence-electron chi connectivity index (χ1n) is 5.39. The molecule has 1 aliphatic heterocycles. The van der Waals surface area contributed by atoms with Gasteiger partial charge in [0.15, 0.2) is 0 Å². The lowest BCUT2D eigenvalue weighted by Gasteiger charge is -2.30. The summed E-state index contributed by atoms with van der Waals surface area (Å²) in [4.78, 5) is 22.5. The lowest BCUT2D eigenvalue weighted by molar-refractivity contribution is -0.139. The van der Waals surface area contributed by atoms with Gasteiger partial charge in [0.05, 0.1) is 6.04 Å². The molecule has 1 saturated heterocycles. The van der Waals surface area contributed by atoms with E-state index in [1.165, 1.54) is 11.9 Å². The summed E-state index contributed by atoms with van der Waals surface area (Å²) in [6.07, 6.45) is 0.0240. The molecule has 1 fully saturated rings. The molecule has 1 amide bonds. The summed E-state index contributed by atoms with van der Waals surface area (Å²) in [5.41, 5.74) is -0.584. The fourth-order valence-corrected chi connectivity index (χ4v) is 2.35. The Labute approximate surface area is 105 Å². The molecule has 3 N–H and O–H groups in total. The monoisotopic (exact) mass is 262 g/mol. The first-order valence-corrected chi connectivity index (χ1v) is 6.38. The molecule has 0 spiro atoms. The van der Waals surface area contributed by atoms with Gasteiger partial charge >= 0.3 is 12.1 Å².